The van der Waals surface area contributed by atoms with E-state index in [1.54, 1.807) is 0 Å². The van der Waals surface area contributed by atoms with Crippen LogP contribution in [0, 0.1) is 0 Å². The Kier molecular flexibility index (Phi) is 13.3. The van der Waals surface area contributed by atoms with Crippen LogP contribution in [0.2, 0.25) is 0 Å². The average Bonchev–Trinajstić information content (AvgIpc) is 2.37. The van der Waals surface area contributed by atoms with E-state index >= 15 is 0 Å². The second kappa shape index (κ2) is 13.4. The largest absolute Gasteiger partial charge is 0.392 e. The molecule has 18 heavy (non-hydrogen) atoms. The SMILES string of the molecule is CCCCCCCC(N)C(O)CCCCCCC. The van der Waals surface area contributed by atoms with Crippen molar-refractivity contribution in [3.8, 4) is 0 Å². The van der Waals surface area contributed by atoms with Crippen LogP contribution < -0.4 is 5.73 Å². The van der Waals surface area contributed by atoms with Gasteiger partial charge >= 0.3 is 0 Å². The third-order valence-corrected chi connectivity index (χ3v) is 3.74. The Hall–Kier alpha value is -0.0800. The van der Waals surface area contributed by atoms with E-state index in [0.717, 1.165) is 19.3 Å². The Morgan fingerprint density at radius 2 is 1.17 bits per heavy atom. The topological polar surface area (TPSA) is 46.2 Å². The molecule has 0 saturated heterocycles. The number of aliphatic hydroxyl groups is 1. The maximum atomic E-state index is 9.95. The summed E-state index contributed by atoms with van der Waals surface area (Å²) in [4.78, 5) is 0. The first-order chi connectivity index (χ1) is 8.72. The molecule has 2 atom stereocenters. The maximum absolute atomic E-state index is 9.95. The molecule has 0 fully saturated rings. The molecule has 0 aromatic rings. The molecule has 0 aliphatic rings. The van der Waals surface area contributed by atoms with Crippen LogP contribution in [0.25, 0.3) is 0 Å². The molecule has 110 valence electrons. The van der Waals surface area contributed by atoms with Crippen LogP contribution in [0.15, 0.2) is 0 Å². The molecule has 0 spiro atoms. The molecule has 0 aromatic heterocycles. The molecule has 2 unspecified atom stereocenters. The number of unbranched alkanes of at least 4 members (excludes halogenated alkanes) is 8. The lowest BCUT2D eigenvalue weighted by Crippen LogP contribution is -2.34. The van der Waals surface area contributed by atoms with E-state index in [1.165, 1.54) is 57.8 Å². The third kappa shape index (κ3) is 11.0. The van der Waals surface area contributed by atoms with Crippen molar-refractivity contribution in [1.29, 1.82) is 0 Å². The normalized spacial score (nSPS) is 14.7. The van der Waals surface area contributed by atoms with E-state index in [1.807, 2.05) is 0 Å². The van der Waals surface area contributed by atoms with Crippen LogP contribution in [-0.4, -0.2) is 17.3 Å². The van der Waals surface area contributed by atoms with Gasteiger partial charge < -0.3 is 10.8 Å². The second-order valence-electron chi connectivity index (χ2n) is 5.64. The number of aliphatic hydroxyl groups excluding tert-OH is 1. The highest BCUT2D eigenvalue weighted by molar-refractivity contribution is 4.71. The molecule has 0 aliphatic carbocycles. The van der Waals surface area contributed by atoms with Gasteiger partial charge in [-0.15, -0.1) is 0 Å². The van der Waals surface area contributed by atoms with Gasteiger partial charge in [0.05, 0.1) is 6.10 Å². The van der Waals surface area contributed by atoms with Crippen molar-refractivity contribution in [2.24, 2.45) is 5.73 Å². The van der Waals surface area contributed by atoms with Gasteiger partial charge in [0.2, 0.25) is 0 Å². The fourth-order valence-corrected chi connectivity index (χ4v) is 2.35. The predicted octanol–water partition coefficient (Wildman–Crippen LogP) is 4.40. The number of nitrogens with two attached hydrogens (primary N) is 1. The molecule has 0 heterocycles. The Morgan fingerprint density at radius 3 is 1.67 bits per heavy atom. The zero-order chi connectivity index (χ0) is 13.6. The fourth-order valence-electron chi connectivity index (χ4n) is 2.35. The van der Waals surface area contributed by atoms with Crippen molar-refractivity contribution in [3.05, 3.63) is 0 Å². The molecule has 0 rings (SSSR count). The molecule has 0 amide bonds. The Morgan fingerprint density at radius 1 is 0.722 bits per heavy atom. The Bertz CT molecular complexity index is 143. The minimum absolute atomic E-state index is 0.00204. The van der Waals surface area contributed by atoms with Gasteiger partial charge in [-0.2, -0.15) is 0 Å². The van der Waals surface area contributed by atoms with Crippen molar-refractivity contribution in [2.45, 2.75) is 103 Å². The molecular weight excluding hydrogens is 222 g/mol. The minimum atomic E-state index is -0.280. The molecule has 0 aromatic carbocycles. The van der Waals surface area contributed by atoms with E-state index in [4.69, 9.17) is 5.73 Å². The maximum Gasteiger partial charge on any atom is 0.0691 e. The summed E-state index contributed by atoms with van der Waals surface area (Å²) in [6.45, 7) is 4.46. The summed E-state index contributed by atoms with van der Waals surface area (Å²) in [5.41, 5.74) is 6.02. The lowest BCUT2D eigenvalue weighted by atomic mass is 9.98. The van der Waals surface area contributed by atoms with E-state index < -0.39 is 0 Å². The fraction of sp³-hybridized carbons (Fsp3) is 1.00. The van der Waals surface area contributed by atoms with Crippen molar-refractivity contribution in [1.82, 2.24) is 0 Å². The lowest BCUT2D eigenvalue weighted by Gasteiger charge is -2.18. The van der Waals surface area contributed by atoms with Gasteiger partial charge in [-0.1, -0.05) is 78.1 Å². The van der Waals surface area contributed by atoms with Crippen molar-refractivity contribution in [3.63, 3.8) is 0 Å². The van der Waals surface area contributed by atoms with Crippen LogP contribution in [0.1, 0.15) is 90.9 Å². The summed E-state index contributed by atoms with van der Waals surface area (Å²) >= 11 is 0. The van der Waals surface area contributed by atoms with Gasteiger partial charge in [0.1, 0.15) is 0 Å². The monoisotopic (exact) mass is 257 g/mol. The number of hydrogen-bond donors (Lipinski definition) is 2. The molecule has 0 bridgehead atoms. The van der Waals surface area contributed by atoms with Crippen LogP contribution in [0.3, 0.4) is 0 Å². The van der Waals surface area contributed by atoms with Crippen molar-refractivity contribution in [2.75, 3.05) is 0 Å². The van der Waals surface area contributed by atoms with Gasteiger partial charge in [0.15, 0.2) is 0 Å². The molecule has 0 radical (unpaired) electrons. The highest BCUT2D eigenvalue weighted by Crippen LogP contribution is 2.13. The zero-order valence-electron chi connectivity index (χ0n) is 12.7. The summed E-state index contributed by atoms with van der Waals surface area (Å²) in [5, 5.41) is 9.95. The average molecular weight is 257 g/mol. The third-order valence-electron chi connectivity index (χ3n) is 3.74. The van der Waals surface area contributed by atoms with Crippen LogP contribution in [-0.2, 0) is 0 Å². The second-order valence-corrected chi connectivity index (χ2v) is 5.64. The summed E-state index contributed by atoms with van der Waals surface area (Å²) in [7, 11) is 0. The van der Waals surface area contributed by atoms with Crippen LogP contribution in [0.4, 0.5) is 0 Å². The first-order valence-corrected chi connectivity index (χ1v) is 8.16. The summed E-state index contributed by atoms with van der Waals surface area (Å²) in [5.74, 6) is 0. The Labute approximate surface area is 114 Å². The van der Waals surface area contributed by atoms with E-state index in [2.05, 4.69) is 13.8 Å². The highest BCUT2D eigenvalue weighted by atomic mass is 16.3. The Balaban J connectivity index is 3.36. The molecule has 3 N–H and O–H groups in total. The van der Waals surface area contributed by atoms with Gasteiger partial charge in [0.25, 0.3) is 0 Å². The quantitative estimate of drug-likeness (QED) is 0.480. The smallest absolute Gasteiger partial charge is 0.0691 e. The summed E-state index contributed by atoms with van der Waals surface area (Å²) in [6.07, 6.45) is 14.2. The van der Waals surface area contributed by atoms with Gasteiger partial charge in [-0.05, 0) is 12.8 Å². The lowest BCUT2D eigenvalue weighted by molar-refractivity contribution is 0.126. The standard InChI is InChI=1S/C16H35NO/c1-3-5-7-9-11-13-15(17)16(18)14-12-10-8-6-4-2/h15-16,18H,3-14,17H2,1-2H3. The first-order valence-electron chi connectivity index (χ1n) is 8.16. The summed E-state index contributed by atoms with van der Waals surface area (Å²) < 4.78 is 0. The highest BCUT2D eigenvalue weighted by Gasteiger charge is 2.13. The molecule has 0 saturated carbocycles. The van der Waals surface area contributed by atoms with Crippen molar-refractivity contribution < 1.29 is 5.11 Å². The molecule has 2 heteroatoms. The number of rotatable bonds is 13. The van der Waals surface area contributed by atoms with Crippen LogP contribution in [0.5, 0.6) is 0 Å². The molecular formula is C16H35NO. The van der Waals surface area contributed by atoms with E-state index in [-0.39, 0.29) is 12.1 Å². The zero-order valence-corrected chi connectivity index (χ0v) is 12.7. The predicted molar refractivity (Wildman–Crippen MR) is 80.7 cm³/mol. The first kappa shape index (κ1) is 17.9. The van der Waals surface area contributed by atoms with Gasteiger partial charge in [0, 0.05) is 6.04 Å². The van der Waals surface area contributed by atoms with E-state index in [0.29, 0.717) is 0 Å². The van der Waals surface area contributed by atoms with E-state index in [9.17, 15) is 5.11 Å². The van der Waals surface area contributed by atoms with Gasteiger partial charge in [-0.25, -0.2) is 0 Å². The number of hydrogen-bond acceptors (Lipinski definition) is 2. The summed E-state index contributed by atoms with van der Waals surface area (Å²) in [6, 6.07) is -0.00204. The minimum Gasteiger partial charge on any atom is -0.392 e. The van der Waals surface area contributed by atoms with Gasteiger partial charge in [-0.3, -0.25) is 0 Å². The molecule has 2 nitrogen and oxygen atoms in total. The van der Waals surface area contributed by atoms with Crippen molar-refractivity contribution >= 4 is 0 Å². The molecule has 0 aliphatic heterocycles. The van der Waals surface area contributed by atoms with Crippen LogP contribution >= 0.6 is 0 Å².